The number of amides is 1. The molecule has 0 unspecified atom stereocenters. The van der Waals surface area contributed by atoms with Crippen molar-refractivity contribution in [1.82, 2.24) is 5.32 Å². The van der Waals surface area contributed by atoms with E-state index in [-0.39, 0.29) is 5.92 Å². The van der Waals surface area contributed by atoms with Crippen molar-refractivity contribution in [2.24, 2.45) is 17.3 Å². The lowest BCUT2D eigenvalue weighted by Gasteiger charge is -2.36. The van der Waals surface area contributed by atoms with Gasteiger partial charge in [0.2, 0.25) is 5.91 Å². The first-order valence-corrected chi connectivity index (χ1v) is 8.81. The van der Waals surface area contributed by atoms with Crippen molar-refractivity contribution in [1.29, 1.82) is 0 Å². The third-order valence-corrected chi connectivity index (χ3v) is 4.95. The smallest absolute Gasteiger partial charge is 0.223 e. The zero-order chi connectivity index (χ0) is 13.6. The first-order valence-electron chi connectivity index (χ1n) is 7.29. The van der Waals surface area contributed by atoms with Crippen LogP contribution in [0.1, 0.15) is 59.3 Å². The van der Waals surface area contributed by atoms with Gasteiger partial charge in [-0.2, -0.15) is 0 Å². The van der Waals surface area contributed by atoms with Crippen molar-refractivity contribution in [2.75, 3.05) is 11.0 Å². The standard InChI is InChI=1S/C15H28INO/c1-15(2,3)13-8-6-12(7-9-13)14(18)17-11-5-4-10-16/h12-13H,4-11H2,1-3H3,(H,17,18). The van der Waals surface area contributed by atoms with E-state index in [2.05, 4.69) is 48.7 Å². The maximum atomic E-state index is 12.0. The average Bonchev–Trinajstić information content (AvgIpc) is 2.33. The minimum Gasteiger partial charge on any atom is -0.356 e. The van der Waals surface area contributed by atoms with Gasteiger partial charge < -0.3 is 5.32 Å². The van der Waals surface area contributed by atoms with Crippen LogP contribution in [0, 0.1) is 17.3 Å². The molecule has 0 saturated heterocycles. The number of rotatable bonds is 5. The molecule has 18 heavy (non-hydrogen) atoms. The van der Waals surface area contributed by atoms with E-state index < -0.39 is 0 Å². The van der Waals surface area contributed by atoms with Gasteiger partial charge >= 0.3 is 0 Å². The van der Waals surface area contributed by atoms with Crippen molar-refractivity contribution < 1.29 is 4.79 Å². The molecule has 1 rings (SSSR count). The summed E-state index contributed by atoms with van der Waals surface area (Å²) in [7, 11) is 0. The molecule has 1 aliphatic rings. The molecule has 0 aromatic carbocycles. The highest BCUT2D eigenvalue weighted by Crippen LogP contribution is 2.39. The lowest BCUT2D eigenvalue weighted by Crippen LogP contribution is -2.35. The van der Waals surface area contributed by atoms with Gasteiger partial charge in [0.05, 0.1) is 0 Å². The molecule has 1 amide bonds. The number of unbranched alkanes of at least 4 members (excludes halogenated alkanes) is 1. The number of carbonyl (C=O) groups is 1. The number of alkyl halides is 1. The fraction of sp³-hybridized carbons (Fsp3) is 0.933. The van der Waals surface area contributed by atoms with Crippen molar-refractivity contribution in [2.45, 2.75) is 59.3 Å². The maximum Gasteiger partial charge on any atom is 0.223 e. The largest absolute Gasteiger partial charge is 0.356 e. The highest BCUT2D eigenvalue weighted by atomic mass is 127. The molecule has 0 aromatic rings. The molecule has 1 fully saturated rings. The van der Waals surface area contributed by atoms with Crippen LogP contribution in [0.4, 0.5) is 0 Å². The monoisotopic (exact) mass is 365 g/mol. The Morgan fingerprint density at radius 3 is 2.28 bits per heavy atom. The molecule has 2 nitrogen and oxygen atoms in total. The summed E-state index contributed by atoms with van der Waals surface area (Å²) in [4.78, 5) is 12.0. The summed E-state index contributed by atoms with van der Waals surface area (Å²) in [6.07, 6.45) is 6.93. The predicted octanol–water partition coefficient (Wildman–Crippen LogP) is 4.17. The molecule has 0 heterocycles. The van der Waals surface area contributed by atoms with E-state index in [4.69, 9.17) is 0 Å². The van der Waals surface area contributed by atoms with Crippen LogP contribution in [0.5, 0.6) is 0 Å². The molecular weight excluding hydrogens is 337 g/mol. The second-order valence-electron chi connectivity index (χ2n) is 6.60. The van der Waals surface area contributed by atoms with Crippen LogP contribution in [0.2, 0.25) is 0 Å². The fourth-order valence-corrected chi connectivity index (χ4v) is 3.34. The van der Waals surface area contributed by atoms with Gasteiger partial charge in [0.15, 0.2) is 0 Å². The molecule has 3 heteroatoms. The van der Waals surface area contributed by atoms with Crippen LogP contribution in [0.25, 0.3) is 0 Å². The number of halogens is 1. The topological polar surface area (TPSA) is 29.1 Å². The second kappa shape index (κ2) is 7.71. The van der Waals surface area contributed by atoms with E-state index >= 15 is 0 Å². The fourth-order valence-electron chi connectivity index (χ4n) is 2.80. The lowest BCUT2D eigenvalue weighted by molar-refractivity contribution is -0.126. The number of carbonyl (C=O) groups excluding carboxylic acids is 1. The molecule has 0 spiro atoms. The molecule has 106 valence electrons. The third kappa shape index (κ3) is 5.45. The molecular formula is C15H28INO. The van der Waals surface area contributed by atoms with E-state index in [0.29, 0.717) is 11.3 Å². The van der Waals surface area contributed by atoms with Gasteiger partial charge in [0, 0.05) is 12.5 Å². The Morgan fingerprint density at radius 2 is 1.78 bits per heavy atom. The van der Waals surface area contributed by atoms with E-state index in [0.717, 1.165) is 31.7 Å². The molecule has 0 radical (unpaired) electrons. The Kier molecular flexibility index (Phi) is 6.96. The summed E-state index contributed by atoms with van der Waals surface area (Å²) in [5.41, 5.74) is 0.404. The summed E-state index contributed by atoms with van der Waals surface area (Å²) in [6.45, 7) is 7.83. The number of hydrogen-bond donors (Lipinski definition) is 1. The molecule has 0 aliphatic heterocycles. The Hall–Kier alpha value is 0.200. The quantitative estimate of drug-likeness (QED) is 0.442. The van der Waals surface area contributed by atoms with E-state index in [1.807, 2.05) is 0 Å². The zero-order valence-corrected chi connectivity index (χ0v) is 14.3. The van der Waals surface area contributed by atoms with Crippen molar-refractivity contribution in [3.63, 3.8) is 0 Å². The Morgan fingerprint density at radius 1 is 1.17 bits per heavy atom. The van der Waals surface area contributed by atoms with Crippen LogP contribution < -0.4 is 5.32 Å². The van der Waals surface area contributed by atoms with Crippen molar-refractivity contribution >= 4 is 28.5 Å². The first-order chi connectivity index (χ1) is 8.45. The lowest BCUT2D eigenvalue weighted by atomic mass is 9.69. The molecule has 1 N–H and O–H groups in total. The Balaban J connectivity index is 2.23. The van der Waals surface area contributed by atoms with Crippen molar-refractivity contribution in [3.8, 4) is 0 Å². The zero-order valence-electron chi connectivity index (χ0n) is 12.1. The van der Waals surface area contributed by atoms with Crippen LogP contribution in [-0.4, -0.2) is 16.9 Å². The predicted molar refractivity (Wildman–Crippen MR) is 86.0 cm³/mol. The summed E-state index contributed by atoms with van der Waals surface area (Å²) in [6, 6.07) is 0. The van der Waals surface area contributed by atoms with Crippen molar-refractivity contribution in [3.05, 3.63) is 0 Å². The van der Waals surface area contributed by atoms with Gasteiger partial charge in [0.1, 0.15) is 0 Å². The van der Waals surface area contributed by atoms with Gasteiger partial charge in [-0.25, -0.2) is 0 Å². The Bertz CT molecular complexity index is 252. The number of hydrogen-bond acceptors (Lipinski definition) is 1. The Labute approximate surface area is 126 Å². The highest BCUT2D eigenvalue weighted by molar-refractivity contribution is 14.1. The summed E-state index contributed by atoms with van der Waals surface area (Å²) in [5, 5.41) is 3.10. The highest BCUT2D eigenvalue weighted by Gasteiger charge is 2.32. The van der Waals surface area contributed by atoms with Gasteiger partial charge in [0.25, 0.3) is 0 Å². The maximum absolute atomic E-state index is 12.0. The van der Waals surface area contributed by atoms with Crippen LogP contribution in [0.15, 0.2) is 0 Å². The minimum absolute atomic E-state index is 0.281. The van der Waals surface area contributed by atoms with E-state index in [1.54, 1.807) is 0 Å². The normalized spacial score (nSPS) is 24.9. The molecule has 1 saturated carbocycles. The minimum atomic E-state index is 0.281. The first kappa shape index (κ1) is 16.3. The third-order valence-electron chi connectivity index (χ3n) is 4.18. The summed E-state index contributed by atoms with van der Waals surface area (Å²) >= 11 is 2.38. The second-order valence-corrected chi connectivity index (χ2v) is 7.68. The van der Waals surface area contributed by atoms with E-state index in [9.17, 15) is 4.79 Å². The van der Waals surface area contributed by atoms with E-state index in [1.165, 1.54) is 23.7 Å². The van der Waals surface area contributed by atoms with Gasteiger partial charge in [-0.05, 0) is 54.3 Å². The van der Waals surface area contributed by atoms with Crippen LogP contribution in [0.3, 0.4) is 0 Å². The van der Waals surface area contributed by atoms with Crippen LogP contribution >= 0.6 is 22.6 Å². The molecule has 0 atom stereocenters. The summed E-state index contributed by atoms with van der Waals surface area (Å²) < 4.78 is 1.18. The van der Waals surface area contributed by atoms with Crippen LogP contribution in [-0.2, 0) is 4.79 Å². The molecule has 1 aliphatic carbocycles. The SMILES string of the molecule is CC(C)(C)C1CCC(C(=O)NCCCCI)CC1. The van der Waals surface area contributed by atoms with Gasteiger partial charge in [-0.15, -0.1) is 0 Å². The number of nitrogens with one attached hydrogen (secondary N) is 1. The summed E-state index contributed by atoms with van der Waals surface area (Å²) in [5.74, 6) is 1.37. The van der Waals surface area contributed by atoms with Gasteiger partial charge in [-0.1, -0.05) is 43.4 Å². The molecule has 0 aromatic heterocycles. The molecule has 0 bridgehead atoms. The van der Waals surface area contributed by atoms with Gasteiger partial charge in [-0.3, -0.25) is 4.79 Å². The average molecular weight is 365 g/mol.